The van der Waals surface area contributed by atoms with Gasteiger partial charge in [0.1, 0.15) is 12.0 Å². The molecular formula is C18H30N4O3S. The summed E-state index contributed by atoms with van der Waals surface area (Å²) < 4.78 is 5.14. The zero-order chi connectivity index (χ0) is 19.1. The molecule has 1 aliphatic rings. The van der Waals surface area contributed by atoms with Crippen LogP contribution in [0.1, 0.15) is 18.5 Å². The van der Waals surface area contributed by atoms with Crippen LogP contribution in [-0.2, 0) is 4.79 Å². The van der Waals surface area contributed by atoms with Crippen molar-refractivity contribution in [2.24, 2.45) is 5.92 Å². The topological polar surface area (TPSA) is 85.9 Å². The molecule has 1 aromatic rings. The molecule has 0 saturated carbocycles. The number of nitrogens with zero attached hydrogens (tertiary/aromatic N) is 1. The Morgan fingerprint density at radius 1 is 1.42 bits per heavy atom. The van der Waals surface area contributed by atoms with E-state index in [4.69, 9.17) is 4.74 Å². The number of ether oxygens (including phenoxy) is 1. The van der Waals surface area contributed by atoms with Crippen LogP contribution >= 0.6 is 11.8 Å². The average molecular weight is 383 g/mol. The summed E-state index contributed by atoms with van der Waals surface area (Å²) in [6.07, 6.45) is 0.108. The standard InChI is InChI=1S/C18H30N4O3S/c1-12-9-19-18(22(2)3)21-17(12)26-11-16(24)20-15(10-23)13-5-7-14(25-4)8-6-13/h5-8,12,15,17-19,21,23H,9-11H2,1-4H3,(H,20,24)/t12?,15-,17?,18?/m1/s1. The van der Waals surface area contributed by atoms with Crippen molar-refractivity contribution in [2.75, 3.05) is 40.1 Å². The second-order valence-electron chi connectivity index (χ2n) is 6.73. The second-order valence-corrected chi connectivity index (χ2v) is 7.86. The van der Waals surface area contributed by atoms with Crippen molar-refractivity contribution in [1.29, 1.82) is 0 Å². The van der Waals surface area contributed by atoms with Gasteiger partial charge in [-0.05, 0) is 37.7 Å². The number of hydrogen-bond donors (Lipinski definition) is 4. The molecule has 7 nitrogen and oxygen atoms in total. The fraction of sp³-hybridized carbons (Fsp3) is 0.611. The van der Waals surface area contributed by atoms with Gasteiger partial charge in [-0.1, -0.05) is 19.1 Å². The number of nitrogens with one attached hydrogen (secondary N) is 3. The van der Waals surface area contributed by atoms with Crippen molar-refractivity contribution in [3.8, 4) is 5.75 Å². The van der Waals surface area contributed by atoms with Crippen LogP contribution in [0, 0.1) is 5.92 Å². The number of hydrogen-bond acceptors (Lipinski definition) is 7. The normalized spacial score (nSPS) is 24.3. The Bertz CT molecular complexity index is 570. The van der Waals surface area contributed by atoms with E-state index >= 15 is 0 Å². The lowest BCUT2D eigenvalue weighted by Crippen LogP contribution is -2.62. The lowest BCUT2D eigenvalue weighted by atomic mass is 10.1. The van der Waals surface area contributed by atoms with E-state index in [1.807, 2.05) is 38.4 Å². The summed E-state index contributed by atoms with van der Waals surface area (Å²) in [6, 6.07) is 6.93. The summed E-state index contributed by atoms with van der Waals surface area (Å²) in [6.45, 7) is 2.92. The van der Waals surface area contributed by atoms with E-state index in [1.165, 1.54) is 0 Å². The number of aliphatic hydroxyl groups excluding tert-OH is 1. The van der Waals surface area contributed by atoms with E-state index in [2.05, 4.69) is 27.8 Å². The average Bonchev–Trinajstić information content (AvgIpc) is 2.65. The molecule has 26 heavy (non-hydrogen) atoms. The van der Waals surface area contributed by atoms with Gasteiger partial charge in [0.05, 0.1) is 30.9 Å². The van der Waals surface area contributed by atoms with Crippen LogP contribution in [0.5, 0.6) is 5.75 Å². The number of benzene rings is 1. The molecule has 0 bridgehead atoms. The Kier molecular flexibility index (Phi) is 8.17. The SMILES string of the molecule is COc1ccc([C@@H](CO)NC(=O)CSC2NC(N(C)C)NCC2C)cc1. The van der Waals surface area contributed by atoms with Crippen LogP contribution in [0.25, 0.3) is 0 Å². The molecule has 0 radical (unpaired) electrons. The molecule has 146 valence electrons. The molecule has 0 spiro atoms. The lowest BCUT2D eigenvalue weighted by Gasteiger charge is -2.39. The summed E-state index contributed by atoms with van der Waals surface area (Å²) in [4.78, 5) is 14.4. The van der Waals surface area contributed by atoms with E-state index in [0.717, 1.165) is 17.9 Å². The van der Waals surface area contributed by atoms with Crippen molar-refractivity contribution in [1.82, 2.24) is 20.9 Å². The number of thioether (sulfide) groups is 1. The largest absolute Gasteiger partial charge is 0.497 e. The highest BCUT2D eigenvalue weighted by Crippen LogP contribution is 2.21. The van der Waals surface area contributed by atoms with E-state index in [1.54, 1.807) is 18.9 Å². The Morgan fingerprint density at radius 3 is 2.69 bits per heavy atom. The Labute approximate surface area is 159 Å². The lowest BCUT2D eigenvalue weighted by molar-refractivity contribution is -0.119. The Hall–Kier alpha value is -1.32. The van der Waals surface area contributed by atoms with Crippen molar-refractivity contribution >= 4 is 17.7 Å². The number of methoxy groups -OCH3 is 1. The molecule has 1 amide bonds. The summed E-state index contributed by atoms with van der Waals surface area (Å²) in [5.41, 5.74) is 0.854. The van der Waals surface area contributed by atoms with Gasteiger partial charge < -0.3 is 15.2 Å². The number of carbonyl (C=O) groups excluding carboxylic acids is 1. The Balaban J connectivity index is 1.86. The first kappa shape index (κ1) is 21.0. The number of rotatable bonds is 8. The van der Waals surface area contributed by atoms with Crippen LogP contribution in [0.3, 0.4) is 0 Å². The number of aliphatic hydroxyl groups is 1. The van der Waals surface area contributed by atoms with E-state index in [9.17, 15) is 9.90 Å². The highest BCUT2D eigenvalue weighted by Gasteiger charge is 2.28. The van der Waals surface area contributed by atoms with Gasteiger partial charge in [-0.15, -0.1) is 11.8 Å². The molecular weight excluding hydrogens is 352 g/mol. The van der Waals surface area contributed by atoms with E-state index in [-0.39, 0.29) is 24.2 Å². The molecule has 1 aromatic carbocycles. The molecule has 0 aromatic heterocycles. The smallest absolute Gasteiger partial charge is 0.230 e. The van der Waals surface area contributed by atoms with Gasteiger partial charge in [-0.3, -0.25) is 20.3 Å². The molecule has 1 heterocycles. The van der Waals surface area contributed by atoms with Crippen molar-refractivity contribution in [2.45, 2.75) is 24.6 Å². The van der Waals surface area contributed by atoms with Gasteiger partial charge >= 0.3 is 0 Å². The molecule has 4 atom stereocenters. The first-order valence-electron chi connectivity index (χ1n) is 8.76. The van der Waals surface area contributed by atoms with Gasteiger partial charge in [-0.2, -0.15) is 0 Å². The van der Waals surface area contributed by atoms with Crippen LogP contribution < -0.4 is 20.7 Å². The van der Waals surface area contributed by atoms with E-state index in [0.29, 0.717) is 11.7 Å². The van der Waals surface area contributed by atoms with Crippen LogP contribution in [-0.4, -0.2) is 67.7 Å². The molecule has 1 saturated heterocycles. The summed E-state index contributed by atoms with van der Waals surface area (Å²) in [7, 11) is 5.62. The third-order valence-corrected chi connectivity index (χ3v) is 5.81. The van der Waals surface area contributed by atoms with Crippen LogP contribution in [0.2, 0.25) is 0 Å². The van der Waals surface area contributed by atoms with Gasteiger partial charge in [0, 0.05) is 6.54 Å². The van der Waals surface area contributed by atoms with Gasteiger partial charge in [-0.25, -0.2) is 0 Å². The van der Waals surface area contributed by atoms with Crippen molar-refractivity contribution in [3.63, 3.8) is 0 Å². The zero-order valence-corrected chi connectivity index (χ0v) is 16.7. The quantitative estimate of drug-likeness (QED) is 0.523. The minimum atomic E-state index is -0.415. The maximum absolute atomic E-state index is 12.4. The molecule has 1 fully saturated rings. The first-order chi connectivity index (χ1) is 12.4. The third-order valence-electron chi connectivity index (χ3n) is 4.42. The maximum atomic E-state index is 12.4. The fourth-order valence-corrected chi connectivity index (χ4v) is 3.86. The van der Waals surface area contributed by atoms with Gasteiger partial charge in [0.2, 0.25) is 5.91 Å². The maximum Gasteiger partial charge on any atom is 0.230 e. The molecule has 4 N–H and O–H groups in total. The highest BCUT2D eigenvalue weighted by molar-refractivity contribution is 8.00. The first-order valence-corrected chi connectivity index (χ1v) is 9.81. The number of amides is 1. The predicted octanol–water partition coefficient (Wildman–Crippen LogP) is 0.578. The predicted molar refractivity (Wildman–Crippen MR) is 105 cm³/mol. The highest BCUT2D eigenvalue weighted by atomic mass is 32.2. The molecule has 0 aliphatic carbocycles. The van der Waals surface area contributed by atoms with Gasteiger partial charge in [0.15, 0.2) is 0 Å². The minimum Gasteiger partial charge on any atom is -0.497 e. The third kappa shape index (κ3) is 5.85. The monoisotopic (exact) mass is 382 g/mol. The summed E-state index contributed by atoms with van der Waals surface area (Å²) >= 11 is 1.60. The second kappa shape index (κ2) is 10.1. The summed E-state index contributed by atoms with van der Waals surface area (Å²) in [5, 5.41) is 19.7. The number of carbonyl (C=O) groups is 1. The zero-order valence-electron chi connectivity index (χ0n) is 15.9. The molecule has 8 heteroatoms. The minimum absolute atomic E-state index is 0.0844. The van der Waals surface area contributed by atoms with E-state index < -0.39 is 6.04 Å². The molecule has 3 unspecified atom stereocenters. The molecule has 1 aliphatic heterocycles. The van der Waals surface area contributed by atoms with Gasteiger partial charge in [0.25, 0.3) is 0 Å². The fourth-order valence-electron chi connectivity index (χ4n) is 2.80. The van der Waals surface area contributed by atoms with Crippen LogP contribution in [0.15, 0.2) is 24.3 Å². The van der Waals surface area contributed by atoms with Crippen molar-refractivity contribution in [3.05, 3.63) is 29.8 Å². The van der Waals surface area contributed by atoms with Crippen molar-refractivity contribution < 1.29 is 14.6 Å². The van der Waals surface area contributed by atoms with Crippen LogP contribution in [0.4, 0.5) is 0 Å². The summed E-state index contributed by atoms with van der Waals surface area (Å²) in [5.74, 6) is 1.42. The molecule has 2 rings (SSSR count). The Morgan fingerprint density at radius 2 is 2.12 bits per heavy atom.